The van der Waals surface area contributed by atoms with Crippen molar-refractivity contribution in [2.75, 3.05) is 19.3 Å². The number of carbonyl (C=O) groups is 1. The second kappa shape index (κ2) is 7.22. The normalized spacial score (nSPS) is 25.6. The van der Waals surface area contributed by atoms with Gasteiger partial charge in [-0.1, -0.05) is 5.16 Å². The van der Waals surface area contributed by atoms with E-state index in [0.717, 1.165) is 32.4 Å². The number of rotatable bonds is 7. The van der Waals surface area contributed by atoms with Gasteiger partial charge in [0.2, 0.25) is 5.89 Å². The topological polar surface area (TPSA) is 103 Å². The molecule has 3 fully saturated rings. The maximum Gasteiger partial charge on any atom is 0.281 e. The van der Waals surface area contributed by atoms with Crippen molar-refractivity contribution in [3.8, 4) is 5.75 Å². The van der Waals surface area contributed by atoms with Crippen molar-refractivity contribution in [2.24, 2.45) is 5.92 Å². The molecule has 0 radical (unpaired) electrons. The zero-order chi connectivity index (χ0) is 23.8. The van der Waals surface area contributed by atoms with Gasteiger partial charge in [0.1, 0.15) is 5.75 Å². The maximum atomic E-state index is 13.7. The molecule has 0 spiro atoms. The fourth-order valence-corrected chi connectivity index (χ4v) is 5.04. The minimum atomic E-state index is -3.62. The molecule has 0 bridgehead atoms. The van der Waals surface area contributed by atoms with E-state index in [4.69, 9.17) is 9.26 Å². The van der Waals surface area contributed by atoms with Crippen LogP contribution in [0.15, 0.2) is 27.6 Å². The summed E-state index contributed by atoms with van der Waals surface area (Å²) in [7, 11) is -3.62. The lowest BCUT2D eigenvalue weighted by atomic mass is 10.1. The molecule has 2 saturated carbocycles. The van der Waals surface area contributed by atoms with Crippen molar-refractivity contribution < 1.29 is 31.3 Å². The van der Waals surface area contributed by atoms with Crippen LogP contribution in [0.2, 0.25) is 0 Å². The number of hydrogen-bond acceptors (Lipinski definition) is 7. The molecule has 11 heteroatoms. The van der Waals surface area contributed by atoms with Crippen LogP contribution < -0.4 is 4.74 Å². The average molecular weight is 482 g/mol. The third-order valence-electron chi connectivity index (χ3n) is 6.87. The number of alkyl halides is 2. The number of hydrogen-bond donors (Lipinski definition) is 0. The lowest BCUT2D eigenvalue weighted by Crippen LogP contribution is -2.35. The van der Waals surface area contributed by atoms with E-state index < -0.39 is 27.8 Å². The van der Waals surface area contributed by atoms with Gasteiger partial charge in [0.25, 0.3) is 11.8 Å². The number of likely N-dealkylation sites (tertiary alicyclic amines) is 1. The Kier molecular flexibility index (Phi) is 4.86. The van der Waals surface area contributed by atoms with Gasteiger partial charge in [-0.15, -0.1) is 0 Å². The van der Waals surface area contributed by atoms with E-state index in [1.807, 2.05) is 0 Å². The van der Waals surface area contributed by atoms with Gasteiger partial charge in [-0.25, -0.2) is 17.2 Å². The molecule has 3 unspecified atom stereocenters. The van der Waals surface area contributed by atoms with Crippen molar-refractivity contribution in [3.63, 3.8) is 0 Å². The first-order valence-electron chi connectivity index (χ1n) is 10.9. The second-order valence-electron chi connectivity index (χ2n) is 9.62. The Labute approximate surface area is 190 Å². The third-order valence-corrected chi connectivity index (χ3v) is 7.98. The zero-order valence-electron chi connectivity index (χ0n) is 18.5. The Hall–Kier alpha value is -2.56. The first-order chi connectivity index (χ1) is 15.4. The van der Waals surface area contributed by atoms with E-state index in [-0.39, 0.29) is 27.5 Å². The summed E-state index contributed by atoms with van der Waals surface area (Å²) in [5, 5.41) is 4.16. The number of aromatic nitrogens is 2. The van der Waals surface area contributed by atoms with Crippen LogP contribution >= 0.6 is 0 Å². The van der Waals surface area contributed by atoms with Crippen LogP contribution in [-0.4, -0.2) is 60.7 Å². The number of fused-ring (bicyclic) bond motifs is 1. The van der Waals surface area contributed by atoms with Crippen molar-refractivity contribution in [1.29, 1.82) is 0 Å². The lowest BCUT2D eigenvalue weighted by Gasteiger charge is -2.25. The number of nitrogens with zero attached hydrogens (tertiary/aromatic N) is 3. The SMILES string of the molecule is CC(Oc1ccc(S(C)(=O)=O)cc1C(=O)N1CC2CC2(c2noc(C3CC3)n2)C1)C(C)(F)F. The van der Waals surface area contributed by atoms with Crippen LogP contribution in [-0.2, 0) is 15.3 Å². The fourth-order valence-electron chi connectivity index (χ4n) is 4.39. The first-order valence-corrected chi connectivity index (χ1v) is 12.8. The molecule has 2 aliphatic carbocycles. The zero-order valence-corrected chi connectivity index (χ0v) is 19.4. The summed E-state index contributed by atoms with van der Waals surface area (Å²) in [5.41, 5.74) is -0.428. The van der Waals surface area contributed by atoms with E-state index >= 15 is 0 Å². The standard InChI is InChI=1S/C22H25F2N3O5S/c1-12(21(2,23)24)31-17-7-6-15(33(3,29)30)8-16(17)19(28)27-10-14-9-22(14,11-27)20-25-18(32-26-20)13-4-5-13/h6-8,12-14H,4-5,9-11H2,1-3H3. The molecular formula is C22H25F2N3O5S. The highest BCUT2D eigenvalue weighted by Gasteiger charge is 2.64. The summed E-state index contributed by atoms with van der Waals surface area (Å²) < 4.78 is 62.4. The van der Waals surface area contributed by atoms with Crippen molar-refractivity contribution in [2.45, 2.75) is 61.4 Å². The lowest BCUT2D eigenvalue weighted by molar-refractivity contribution is -0.0720. The third kappa shape index (κ3) is 4.00. The minimum absolute atomic E-state index is 0.0581. The number of piperidine rings is 1. The molecule has 33 heavy (non-hydrogen) atoms. The number of benzene rings is 1. The fraction of sp³-hybridized carbons (Fsp3) is 0.591. The monoisotopic (exact) mass is 481 g/mol. The molecule has 8 nitrogen and oxygen atoms in total. The molecular weight excluding hydrogens is 456 g/mol. The highest BCUT2D eigenvalue weighted by molar-refractivity contribution is 7.90. The molecule has 2 aromatic rings. The Morgan fingerprint density at radius 1 is 1.36 bits per heavy atom. The van der Waals surface area contributed by atoms with Crippen LogP contribution in [0.3, 0.4) is 0 Å². The van der Waals surface area contributed by atoms with Gasteiger partial charge in [-0.05, 0) is 50.3 Å². The Morgan fingerprint density at radius 2 is 2.09 bits per heavy atom. The molecule has 1 amide bonds. The van der Waals surface area contributed by atoms with E-state index in [0.29, 0.717) is 30.7 Å². The van der Waals surface area contributed by atoms with Crippen LogP contribution in [0.5, 0.6) is 5.75 Å². The minimum Gasteiger partial charge on any atom is -0.484 e. The first kappa shape index (κ1) is 22.2. The molecule has 1 aromatic carbocycles. The molecule has 2 heterocycles. The number of sulfone groups is 1. The van der Waals surface area contributed by atoms with Gasteiger partial charge >= 0.3 is 0 Å². The summed E-state index contributed by atoms with van der Waals surface area (Å²) >= 11 is 0. The van der Waals surface area contributed by atoms with Gasteiger partial charge in [-0.3, -0.25) is 4.79 Å². The van der Waals surface area contributed by atoms with Gasteiger partial charge in [-0.2, -0.15) is 4.98 Å². The molecule has 3 aliphatic rings. The molecule has 5 rings (SSSR count). The Morgan fingerprint density at radius 3 is 2.73 bits per heavy atom. The summed E-state index contributed by atoms with van der Waals surface area (Å²) in [4.78, 5) is 19.5. The van der Waals surface area contributed by atoms with Gasteiger partial charge in [0.05, 0.1) is 15.9 Å². The number of carbonyl (C=O) groups excluding carboxylic acids is 1. The van der Waals surface area contributed by atoms with Crippen molar-refractivity contribution in [3.05, 3.63) is 35.5 Å². The summed E-state index contributed by atoms with van der Waals surface area (Å²) in [6.45, 7) is 2.71. The average Bonchev–Trinajstić information content (AvgIpc) is 3.61. The smallest absolute Gasteiger partial charge is 0.281 e. The Bertz CT molecular complexity index is 1220. The highest BCUT2D eigenvalue weighted by atomic mass is 32.2. The maximum absolute atomic E-state index is 13.7. The summed E-state index contributed by atoms with van der Waals surface area (Å²) in [5.74, 6) is -1.95. The molecule has 178 valence electrons. The van der Waals surface area contributed by atoms with Crippen molar-refractivity contribution in [1.82, 2.24) is 15.0 Å². The highest BCUT2D eigenvalue weighted by Crippen LogP contribution is 2.58. The second-order valence-corrected chi connectivity index (χ2v) is 11.6. The molecule has 3 atom stereocenters. The molecule has 1 saturated heterocycles. The summed E-state index contributed by atoms with van der Waals surface area (Å²) in [6, 6.07) is 3.72. The van der Waals surface area contributed by atoms with E-state index in [2.05, 4.69) is 10.1 Å². The van der Waals surface area contributed by atoms with Crippen LogP contribution in [0, 0.1) is 5.92 Å². The summed E-state index contributed by atoms with van der Waals surface area (Å²) in [6.07, 6.45) is 2.43. The van der Waals surface area contributed by atoms with Crippen LogP contribution in [0.4, 0.5) is 8.78 Å². The largest absolute Gasteiger partial charge is 0.484 e. The quantitative estimate of drug-likeness (QED) is 0.598. The van der Waals surface area contributed by atoms with Crippen LogP contribution in [0.1, 0.15) is 61.1 Å². The predicted molar refractivity (Wildman–Crippen MR) is 112 cm³/mol. The van der Waals surface area contributed by atoms with Gasteiger partial charge in [0.15, 0.2) is 21.8 Å². The van der Waals surface area contributed by atoms with E-state index in [1.165, 1.54) is 25.1 Å². The number of halogens is 2. The molecule has 1 aromatic heterocycles. The van der Waals surface area contributed by atoms with Gasteiger partial charge < -0.3 is 14.2 Å². The Balaban J connectivity index is 1.42. The predicted octanol–water partition coefficient (Wildman–Crippen LogP) is 3.19. The van der Waals surface area contributed by atoms with Crippen molar-refractivity contribution >= 4 is 15.7 Å². The number of ether oxygens (including phenoxy) is 1. The number of amides is 1. The van der Waals surface area contributed by atoms with Gasteiger partial charge in [0, 0.05) is 32.2 Å². The van der Waals surface area contributed by atoms with Crippen LogP contribution in [0.25, 0.3) is 0 Å². The molecule has 0 N–H and O–H groups in total. The van der Waals surface area contributed by atoms with E-state index in [1.54, 1.807) is 4.90 Å². The van der Waals surface area contributed by atoms with E-state index in [9.17, 15) is 22.0 Å². The molecule has 1 aliphatic heterocycles.